The van der Waals surface area contributed by atoms with Gasteiger partial charge in [0.05, 0.1) is 10.5 Å². The summed E-state index contributed by atoms with van der Waals surface area (Å²) in [6, 6.07) is 3.97. The fourth-order valence-corrected chi connectivity index (χ4v) is 1.37. The van der Waals surface area contributed by atoms with Crippen molar-refractivity contribution < 1.29 is 19.9 Å². The average Bonchev–Trinajstić information content (AvgIpc) is 2.24. The molecule has 1 aromatic carbocycles. The first-order valence-corrected chi connectivity index (χ1v) is 5.19. The minimum absolute atomic E-state index is 0.0664. The molecule has 0 radical (unpaired) electrons. The third-order valence-electron chi connectivity index (χ3n) is 2.16. The summed E-state index contributed by atoms with van der Waals surface area (Å²) in [5.41, 5.74) is -1.88. The summed E-state index contributed by atoms with van der Waals surface area (Å²) in [7, 11) is 0. The van der Waals surface area contributed by atoms with Gasteiger partial charge in [0.25, 0.3) is 0 Å². The molecule has 7 heteroatoms. The topological polar surface area (TPSA) is 113 Å². The molecule has 0 atom stereocenters. The van der Waals surface area contributed by atoms with Crippen LogP contribution in [0.4, 0.5) is 11.4 Å². The van der Waals surface area contributed by atoms with E-state index in [1.807, 2.05) is 0 Å². The zero-order chi connectivity index (χ0) is 13.9. The number of aliphatic hydroxyl groups is 1. The van der Waals surface area contributed by atoms with Crippen LogP contribution in [0.5, 0.6) is 0 Å². The maximum absolute atomic E-state index is 10.9. The Morgan fingerprint density at radius 3 is 2.56 bits per heavy atom. The normalized spacial score (nSPS) is 11.1. The van der Waals surface area contributed by atoms with E-state index in [1.54, 1.807) is 0 Å². The van der Waals surface area contributed by atoms with Gasteiger partial charge in [-0.2, -0.15) is 0 Å². The van der Waals surface area contributed by atoms with Gasteiger partial charge in [-0.3, -0.25) is 10.1 Å². The molecule has 1 rings (SSSR count). The molecular formula is C11H14N2O5. The number of nitro benzene ring substituents is 1. The summed E-state index contributed by atoms with van der Waals surface area (Å²) in [5, 5.41) is 32.0. The van der Waals surface area contributed by atoms with Gasteiger partial charge >= 0.3 is 11.7 Å². The Kier molecular flexibility index (Phi) is 3.87. The maximum Gasteiger partial charge on any atom is 0.342 e. The molecule has 0 aromatic heterocycles. The van der Waals surface area contributed by atoms with Crippen molar-refractivity contribution in [1.82, 2.24) is 0 Å². The van der Waals surface area contributed by atoms with Crippen LogP contribution in [0.1, 0.15) is 24.2 Å². The van der Waals surface area contributed by atoms with Crippen molar-refractivity contribution in [2.45, 2.75) is 19.4 Å². The highest BCUT2D eigenvalue weighted by atomic mass is 16.6. The Morgan fingerprint density at radius 2 is 2.11 bits per heavy atom. The number of nitrogens with zero attached hydrogens (tertiary/aromatic N) is 1. The van der Waals surface area contributed by atoms with Gasteiger partial charge in [0, 0.05) is 6.54 Å². The fourth-order valence-electron chi connectivity index (χ4n) is 1.37. The minimum atomic E-state index is -1.37. The predicted octanol–water partition coefficient (Wildman–Crippen LogP) is 1.48. The summed E-state index contributed by atoms with van der Waals surface area (Å²) >= 11 is 0. The molecular weight excluding hydrogens is 240 g/mol. The van der Waals surface area contributed by atoms with E-state index in [0.717, 1.165) is 6.07 Å². The molecule has 7 nitrogen and oxygen atoms in total. The van der Waals surface area contributed by atoms with Crippen molar-refractivity contribution in [2.24, 2.45) is 0 Å². The highest BCUT2D eigenvalue weighted by Crippen LogP contribution is 2.28. The quantitative estimate of drug-likeness (QED) is 0.541. The third kappa shape index (κ3) is 3.42. The zero-order valence-corrected chi connectivity index (χ0v) is 10.0. The van der Waals surface area contributed by atoms with Crippen molar-refractivity contribution in [3.05, 3.63) is 33.9 Å². The lowest BCUT2D eigenvalue weighted by Crippen LogP contribution is -2.29. The summed E-state index contributed by atoms with van der Waals surface area (Å²) in [5.74, 6) is -1.37. The second kappa shape index (κ2) is 5.01. The van der Waals surface area contributed by atoms with E-state index >= 15 is 0 Å². The second-order valence-corrected chi connectivity index (χ2v) is 4.43. The summed E-state index contributed by atoms with van der Waals surface area (Å²) in [4.78, 5) is 21.1. The maximum atomic E-state index is 10.9. The molecule has 1 aromatic rings. The van der Waals surface area contributed by atoms with Crippen LogP contribution in [0.2, 0.25) is 0 Å². The number of anilines is 1. The van der Waals surface area contributed by atoms with Crippen LogP contribution in [0.15, 0.2) is 18.2 Å². The lowest BCUT2D eigenvalue weighted by Gasteiger charge is -2.18. The van der Waals surface area contributed by atoms with Crippen LogP contribution in [0.25, 0.3) is 0 Å². The van der Waals surface area contributed by atoms with E-state index in [-0.39, 0.29) is 17.8 Å². The minimum Gasteiger partial charge on any atom is -0.477 e. The van der Waals surface area contributed by atoms with Crippen molar-refractivity contribution in [1.29, 1.82) is 0 Å². The molecule has 98 valence electrons. The predicted molar refractivity (Wildman–Crippen MR) is 64.8 cm³/mol. The molecule has 0 bridgehead atoms. The van der Waals surface area contributed by atoms with Crippen LogP contribution in [-0.4, -0.2) is 33.3 Å². The van der Waals surface area contributed by atoms with Gasteiger partial charge in [0.15, 0.2) is 0 Å². The molecule has 18 heavy (non-hydrogen) atoms. The number of aromatic carboxylic acids is 1. The van der Waals surface area contributed by atoms with Gasteiger partial charge in [0.2, 0.25) is 0 Å². The number of hydrogen-bond acceptors (Lipinski definition) is 5. The highest BCUT2D eigenvalue weighted by Gasteiger charge is 2.25. The second-order valence-electron chi connectivity index (χ2n) is 4.43. The smallest absolute Gasteiger partial charge is 0.342 e. The molecule has 0 amide bonds. The van der Waals surface area contributed by atoms with Gasteiger partial charge < -0.3 is 15.5 Å². The SMILES string of the molecule is CC(C)(O)CNc1cccc(C(=O)O)c1[N+](=O)[O-]. The van der Waals surface area contributed by atoms with E-state index < -0.39 is 22.2 Å². The molecule has 0 aliphatic rings. The summed E-state index contributed by atoms with van der Waals surface area (Å²) in [6.07, 6.45) is 0. The molecule has 0 aliphatic heterocycles. The molecule has 0 spiro atoms. The average molecular weight is 254 g/mol. The largest absolute Gasteiger partial charge is 0.477 e. The summed E-state index contributed by atoms with van der Waals surface area (Å²) in [6.45, 7) is 3.14. The number of para-hydroxylation sites is 1. The lowest BCUT2D eigenvalue weighted by atomic mass is 10.1. The van der Waals surface area contributed by atoms with Gasteiger partial charge in [-0.25, -0.2) is 4.79 Å². The van der Waals surface area contributed by atoms with Crippen molar-refractivity contribution in [3.63, 3.8) is 0 Å². The number of carbonyl (C=O) groups is 1. The van der Waals surface area contributed by atoms with Crippen LogP contribution in [0, 0.1) is 10.1 Å². The molecule has 0 saturated carbocycles. The Labute approximate surface area is 103 Å². The van der Waals surface area contributed by atoms with Gasteiger partial charge in [-0.15, -0.1) is 0 Å². The van der Waals surface area contributed by atoms with Crippen molar-refractivity contribution >= 4 is 17.3 Å². The Balaban J connectivity index is 3.15. The van der Waals surface area contributed by atoms with Crippen molar-refractivity contribution in [2.75, 3.05) is 11.9 Å². The number of hydrogen-bond donors (Lipinski definition) is 3. The number of nitrogens with one attached hydrogen (secondary N) is 1. The zero-order valence-electron chi connectivity index (χ0n) is 10.0. The fraction of sp³-hybridized carbons (Fsp3) is 0.364. The first-order valence-electron chi connectivity index (χ1n) is 5.19. The number of nitro groups is 1. The monoisotopic (exact) mass is 254 g/mol. The van der Waals surface area contributed by atoms with Crippen LogP contribution < -0.4 is 5.32 Å². The van der Waals surface area contributed by atoms with Crippen molar-refractivity contribution in [3.8, 4) is 0 Å². The van der Waals surface area contributed by atoms with Crippen LogP contribution >= 0.6 is 0 Å². The van der Waals surface area contributed by atoms with E-state index in [4.69, 9.17) is 5.11 Å². The van der Waals surface area contributed by atoms with E-state index in [2.05, 4.69) is 5.32 Å². The van der Waals surface area contributed by atoms with E-state index in [0.29, 0.717) is 0 Å². The Morgan fingerprint density at radius 1 is 1.50 bits per heavy atom. The first-order chi connectivity index (χ1) is 8.22. The molecule has 0 saturated heterocycles. The third-order valence-corrected chi connectivity index (χ3v) is 2.16. The van der Waals surface area contributed by atoms with Crippen LogP contribution in [-0.2, 0) is 0 Å². The van der Waals surface area contributed by atoms with E-state index in [9.17, 15) is 20.0 Å². The standard InChI is InChI=1S/C11H14N2O5/c1-11(2,16)6-12-8-5-3-4-7(10(14)15)9(8)13(17)18/h3-5,12,16H,6H2,1-2H3,(H,14,15). The highest BCUT2D eigenvalue weighted by molar-refractivity contribution is 5.95. The number of carboxylic acid groups (broad SMARTS) is 1. The van der Waals surface area contributed by atoms with Gasteiger partial charge in [-0.05, 0) is 26.0 Å². The molecule has 0 fully saturated rings. The van der Waals surface area contributed by atoms with Gasteiger partial charge in [-0.1, -0.05) is 6.07 Å². The first kappa shape index (κ1) is 13.9. The molecule has 3 N–H and O–H groups in total. The number of carboxylic acids is 1. The Hall–Kier alpha value is -2.15. The molecule has 0 unspecified atom stereocenters. The van der Waals surface area contributed by atoms with Crippen LogP contribution in [0.3, 0.4) is 0 Å². The number of rotatable bonds is 5. The van der Waals surface area contributed by atoms with E-state index in [1.165, 1.54) is 26.0 Å². The molecule has 0 heterocycles. The lowest BCUT2D eigenvalue weighted by molar-refractivity contribution is -0.384. The Bertz CT molecular complexity index is 479. The van der Waals surface area contributed by atoms with Gasteiger partial charge in [0.1, 0.15) is 11.3 Å². The molecule has 0 aliphatic carbocycles. The summed E-state index contributed by atoms with van der Waals surface area (Å²) < 4.78 is 0. The number of benzene rings is 1.